The van der Waals surface area contributed by atoms with Crippen LogP contribution in [0.4, 0.5) is 0 Å². The highest BCUT2D eigenvalue weighted by Gasteiger charge is 2.30. The lowest BCUT2D eigenvalue weighted by molar-refractivity contribution is -0.149. The summed E-state index contributed by atoms with van der Waals surface area (Å²) >= 11 is 1.40. The van der Waals surface area contributed by atoms with E-state index in [-0.39, 0.29) is 17.8 Å². The molecule has 2 rings (SSSR count). The maximum absolute atomic E-state index is 12.1. The number of thiazole rings is 1. The van der Waals surface area contributed by atoms with E-state index in [0.717, 1.165) is 12.8 Å². The van der Waals surface area contributed by atoms with E-state index in [1.807, 2.05) is 0 Å². The van der Waals surface area contributed by atoms with Crippen molar-refractivity contribution in [3.63, 3.8) is 0 Å². The van der Waals surface area contributed by atoms with Gasteiger partial charge < -0.3 is 9.64 Å². The lowest BCUT2D eigenvalue weighted by Gasteiger charge is -2.31. The van der Waals surface area contributed by atoms with Crippen LogP contribution in [0.5, 0.6) is 0 Å². The second kappa shape index (κ2) is 5.95. The SMILES string of the molecule is CCOC(=O)C1CCCN(C(=O)c2cscn2)C1. The molecule has 1 aliphatic heterocycles. The minimum Gasteiger partial charge on any atom is -0.466 e. The van der Waals surface area contributed by atoms with Gasteiger partial charge in [-0.05, 0) is 19.8 Å². The second-order valence-corrected chi connectivity index (χ2v) is 4.93. The molecule has 1 atom stereocenters. The van der Waals surface area contributed by atoms with Crippen molar-refractivity contribution in [1.82, 2.24) is 9.88 Å². The van der Waals surface area contributed by atoms with Crippen LogP contribution in [0.3, 0.4) is 0 Å². The van der Waals surface area contributed by atoms with Crippen molar-refractivity contribution in [2.24, 2.45) is 5.92 Å². The first kappa shape index (κ1) is 13.0. The van der Waals surface area contributed by atoms with Gasteiger partial charge in [0.25, 0.3) is 5.91 Å². The molecule has 2 heterocycles. The number of piperidine rings is 1. The van der Waals surface area contributed by atoms with E-state index in [9.17, 15) is 9.59 Å². The molecule has 0 bridgehead atoms. The second-order valence-electron chi connectivity index (χ2n) is 4.22. The lowest BCUT2D eigenvalue weighted by Crippen LogP contribution is -2.42. The summed E-state index contributed by atoms with van der Waals surface area (Å²) in [6.07, 6.45) is 1.62. The smallest absolute Gasteiger partial charge is 0.310 e. The van der Waals surface area contributed by atoms with Gasteiger partial charge in [0.1, 0.15) is 5.69 Å². The summed E-state index contributed by atoms with van der Waals surface area (Å²) in [5.41, 5.74) is 2.10. The molecule has 0 aromatic carbocycles. The van der Waals surface area contributed by atoms with Crippen LogP contribution < -0.4 is 0 Å². The van der Waals surface area contributed by atoms with E-state index in [0.29, 0.717) is 25.4 Å². The Hall–Kier alpha value is -1.43. The zero-order valence-corrected chi connectivity index (χ0v) is 11.1. The van der Waals surface area contributed by atoms with Gasteiger partial charge in [-0.15, -0.1) is 11.3 Å². The van der Waals surface area contributed by atoms with E-state index in [1.54, 1.807) is 22.7 Å². The van der Waals surface area contributed by atoms with Crippen LogP contribution in [-0.2, 0) is 9.53 Å². The maximum Gasteiger partial charge on any atom is 0.310 e. The van der Waals surface area contributed by atoms with Crippen molar-refractivity contribution < 1.29 is 14.3 Å². The molecule has 1 aromatic heterocycles. The van der Waals surface area contributed by atoms with Crippen LogP contribution in [0.2, 0.25) is 0 Å². The molecular formula is C12H16N2O3S. The van der Waals surface area contributed by atoms with E-state index >= 15 is 0 Å². The Morgan fingerprint density at radius 2 is 2.44 bits per heavy atom. The predicted molar refractivity (Wildman–Crippen MR) is 67.4 cm³/mol. The largest absolute Gasteiger partial charge is 0.466 e. The van der Waals surface area contributed by atoms with Crippen molar-refractivity contribution in [2.45, 2.75) is 19.8 Å². The molecule has 0 aliphatic carbocycles. The molecule has 1 amide bonds. The summed E-state index contributed by atoms with van der Waals surface area (Å²) in [4.78, 5) is 29.5. The van der Waals surface area contributed by atoms with Gasteiger partial charge in [-0.25, -0.2) is 4.98 Å². The van der Waals surface area contributed by atoms with Gasteiger partial charge in [-0.1, -0.05) is 0 Å². The third-order valence-electron chi connectivity index (χ3n) is 2.98. The van der Waals surface area contributed by atoms with Crippen LogP contribution in [0.25, 0.3) is 0 Å². The van der Waals surface area contributed by atoms with Crippen molar-refractivity contribution >= 4 is 23.2 Å². The molecule has 1 unspecified atom stereocenters. The number of likely N-dealkylation sites (tertiary alicyclic amines) is 1. The summed E-state index contributed by atoms with van der Waals surface area (Å²) in [6, 6.07) is 0. The van der Waals surface area contributed by atoms with Crippen molar-refractivity contribution in [1.29, 1.82) is 0 Å². The van der Waals surface area contributed by atoms with E-state index in [2.05, 4.69) is 4.98 Å². The number of hydrogen-bond acceptors (Lipinski definition) is 5. The highest BCUT2D eigenvalue weighted by molar-refractivity contribution is 7.07. The molecule has 0 saturated carbocycles. The number of carbonyl (C=O) groups excluding carboxylic acids is 2. The van der Waals surface area contributed by atoms with Gasteiger partial charge in [-0.2, -0.15) is 0 Å². The van der Waals surface area contributed by atoms with Crippen LogP contribution in [0.15, 0.2) is 10.9 Å². The van der Waals surface area contributed by atoms with Crippen LogP contribution in [-0.4, -0.2) is 41.5 Å². The molecule has 1 fully saturated rings. The van der Waals surface area contributed by atoms with E-state index in [1.165, 1.54) is 11.3 Å². The zero-order chi connectivity index (χ0) is 13.0. The van der Waals surface area contributed by atoms with Gasteiger partial charge in [0, 0.05) is 18.5 Å². The molecule has 6 heteroatoms. The van der Waals surface area contributed by atoms with Gasteiger partial charge in [0.05, 0.1) is 18.0 Å². The highest BCUT2D eigenvalue weighted by atomic mass is 32.1. The Balaban J connectivity index is 1.98. The Bertz CT molecular complexity index is 419. The molecule has 18 heavy (non-hydrogen) atoms. The Morgan fingerprint density at radius 3 is 3.11 bits per heavy atom. The minimum absolute atomic E-state index is 0.0924. The standard InChI is InChI=1S/C12H16N2O3S/c1-2-17-12(16)9-4-3-5-14(6-9)11(15)10-7-18-8-13-10/h7-9H,2-6H2,1H3. The molecule has 1 saturated heterocycles. The Morgan fingerprint density at radius 1 is 1.61 bits per heavy atom. The molecule has 0 radical (unpaired) electrons. The maximum atomic E-state index is 12.1. The number of aromatic nitrogens is 1. The third kappa shape index (κ3) is 2.87. The number of rotatable bonds is 3. The summed E-state index contributed by atoms with van der Waals surface area (Å²) in [5.74, 6) is -0.486. The summed E-state index contributed by atoms with van der Waals surface area (Å²) < 4.78 is 5.01. The highest BCUT2D eigenvalue weighted by Crippen LogP contribution is 2.19. The first-order chi connectivity index (χ1) is 8.72. The van der Waals surface area contributed by atoms with Gasteiger partial charge >= 0.3 is 5.97 Å². The number of ether oxygens (including phenoxy) is 1. The Labute approximate surface area is 110 Å². The van der Waals surface area contributed by atoms with Gasteiger partial charge in [0.15, 0.2) is 0 Å². The number of carbonyl (C=O) groups is 2. The van der Waals surface area contributed by atoms with E-state index in [4.69, 9.17) is 4.74 Å². The lowest BCUT2D eigenvalue weighted by atomic mass is 9.98. The average Bonchev–Trinajstić information content (AvgIpc) is 2.92. The zero-order valence-electron chi connectivity index (χ0n) is 10.3. The van der Waals surface area contributed by atoms with E-state index < -0.39 is 0 Å². The number of nitrogens with zero attached hydrogens (tertiary/aromatic N) is 2. The van der Waals surface area contributed by atoms with Gasteiger partial charge in [0.2, 0.25) is 0 Å². The minimum atomic E-state index is -0.201. The van der Waals surface area contributed by atoms with Crippen LogP contribution in [0.1, 0.15) is 30.3 Å². The van der Waals surface area contributed by atoms with Crippen molar-refractivity contribution in [3.05, 3.63) is 16.6 Å². The predicted octanol–water partition coefficient (Wildman–Crippen LogP) is 1.56. The normalized spacial score (nSPS) is 19.6. The first-order valence-electron chi connectivity index (χ1n) is 6.06. The first-order valence-corrected chi connectivity index (χ1v) is 7.00. The Kier molecular flexibility index (Phi) is 4.30. The quantitative estimate of drug-likeness (QED) is 0.781. The molecule has 0 spiro atoms. The number of hydrogen-bond donors (Lipinski definition) is 0. The third-order valence-corrected chi connectivity index (χ3v) is 3.57. The monoisotopic (exact) mass is 268 g/mol. The number of amides is 1. The topological polar surface area (TPSA) is 59.5 Å². The van der Waals surface area contributed by atoms with Crippen LogP contribution in [0, 0.1) is 5.92 Å². The van der Waals surface area contributed by atoms with Crippen LogP contribution >= 0.6 is 11.3 Å². The molecular weight excluding hydrogens is 252 g/mol. The van der Waals surface area contributed by atoms with Gasteiger partial charge in [-0.3, -0.25) is 9.59 Å². The fourth-order valence-corrected chi connectivity index (χ4v) is 2.62. The molecule has 1 aliphatic rings. The average molecular weight is 268 g/mol. The number of esters is 1. The molecule has 98 valence electrons. The van der Waals surface area contributed by atoms with Crippen molar-refractivity contribution in [2.75, 3.05) is 19.7 Å². The summed E-state index contributed by atoms with van der Waals surface area (Å²) in [7, 11) is 0. The molecule has 1 aromatic rings. The summed E-state index contributed by atoms with van der Waals surface area (Å²) in [5, 5.41) is 1.73. The summed E-state index contributed by atoms with van der Waals surface area (Å²) in [6.45, 7) is 3.30. The fourth-order valence-electron chi connectivity index (χ4n) is 2.09. The molecule has 0 N–H and O–H groups in total. The fraction of sp³-hybridized carbons (Fsp3) is 0.583. The van der Waals surface area contributed by atoms with Crippen molar-refractivity contribution in [3.8, 4) is 0 Å². The molecule has 5 nitrogen and oxygen atoms in total.